The van der Waals surface area contributed by atoms with E-state index in [2.05, 4.69) is 22.0 Å². The van der Waals surface area contributed by atoms with E-state index in [4.69, 9.17) is 11.6 Å². The molecule has 0 atom stereocenters. The van der Waals surface area contributed by atoms with E-state index in [9.17, 15) is 14.7 Å². The van der Waals surface area contributed by atoms with Crippen molar-refractivity contribution in [3.05, 3.63) is 58.6 Å². The molecule has 1 heterocycles. The Bertz CT molecular complexity index is 864. The maximum atomic E-state index is 12.4. The van der Waals surface area contributed by atoms with Gasteiger partial charge in [-0.25, -0.2) is 4.79 Å². The van der Waals surface area contributed by atoms with Crippen LogP contribution >= 0.6 is 11.6 Å². The first-order valence-electron chi connectivity index (χ1n) is 9.39. The van der Waals surface area contributed by atoms with Gasteiger partial charge in [-0.05, 0) is 49.4 Å². The summed E-state index contributed by atoms with van der Waals surface area (Å²) < 4.78 is 0. The minimum absolute atomic E-state index is 0.0730. The van der Waals surface area contributed by atoms with Crippen molar-refractivity contribution in [3.63, 3.8) is 0 Å². The van der Waals surface area contributed by atoms with E-state index < -0.39 is 11.9 Å². The van der Waals surface area contributed by atoms with Crippen molar-refractivity contribution in [2.45, 2.75) is 13.3 Å². The Morgan fingerprint density at radius 2 is 1.86 bits per heavy atom. The van der Waals surface area contributed by atoms with Crippen LogP contribution in [0.5, 0.6) is 0 Å². The summed E-state index contributed by atoms with van der Waals surface area (Å²) in [5.41, 5.74) is 1.57. The van der Waals surface area contributed by atoms with Crippen LogP contribution in [0.1, 0.15) is 34.1 Å². The molecule has 3 rings (SSSR count). The number of aromatic carboxylic acids is 1. The topological polar surface area (TPSA) is 72.9 Å². The molecule has 0 aromatic heterocycles. The summed E-state index contributed by atoms with van der Waals surface area (Å²) in [7, 11) is 0. The monoisotopic (exact) mass is 401 g/mol. The molecule has 2 aromatic rings. The predicted octanol–water partition coefficient (Wildman–Crippen LogP) is 3.82. The number of anilines is 2. The highest BCUT2D eigenvalue weighted by Crippen LogP contribution is 2.25. The normalized spacial score (nSPS) is 14.7. The van der Waals surface area contributed by atoms with Gasteiger partial charge < -0.3 is 15.3 Å². The fraction of sp³-hybridized carbons (Fsp3) is 0.333. The first-order valence-corrected chi connectivity index (χ1v) is 9.77. The molecule has 1 aliphatic rings. The number of rotatable bonds is 6. The van der Waals surface area contributed by atoms with Crippen LogP contribution in [0.2, 0.25) is 5.02 Å². The summed E-state index contributed by atoms with van der Waals surface area (Å²) in [5.74, 6) is -1.47. The molecule has 1 aliphatic heterocycles. The van der Waals surface area contributed by atoms with Gasteiger partial charge in [0.25, 0.3) is 5.91 Å². The van der Waals surface area contributed by atoms with E-state index in [1.165, 1.54) is 0 Å². The third-order valence-corrected chi connectivity index (χ3v) is 5.08. The number of hydrogen-bond donors (Lipinski definition) is 2. The maximum absolute atomic E-state index is 12.4. The number of benzene rings is 2. The molecule has 0 spiro atoms. The minimum atomic E-state index is -1.08. The minimum Gasteiger partial charge on any atom is -0.478 e. The van der Waals surface area contributed by atoms with Crippen molar-refractivity contribution in [2.75, 3.05) is 42.9 Å². The maximum Gasteiger partial charge on any atom is 0.337 e. The molecule has 0 aliphatic carbocycles. The number of nitrogens with one attached hydrogen (secondary N) is 1. The summed E-state index contributed by atoms with van der Waals surface area (Å²) in [4.78, 5) is 28.8. The van der Waals surface area contributed by atoms with E-state index in [0.717, 1.165) is 44.8 Å². The van der Waals surface area contributed by atoms with Gasteiger partial charge in [0.1, 0.15) is 0 Å². The molecule has 1 saturated heterocycles. The summed E-state index contributed by atoms with van der Waals surface area (Å²) in [5, 5.41) is 12.8. The highest BCUT2D eigenvalue weighted by atomic mass is 35.5. The van der Waals surface area contributed by atoms with E-state index in [1.807, 2.05) is 6.07 Å². The summed E-state index contributed by atoms with van der Waals surface area (Å²) in [6.07, 6.45) is 1.13. The molecular formula is C21H24ClN3O3. The Morgan fingerprint density at radius 1 is 1.11 bits per heavy atom. The zero-order valence-corrected chi connectivity index (χ0v) is 16.6. The van der Waals surface area contributed by atoms with Crippen molar-refractivity contribution >= 4 is 34.9 Å². The standard InChI is InChI=1S/C21H24ClN3O3/c1-2-8-24-9-11-25(12-10-24)17-6-7-19(18(14-17)21(27)28)23-20(26)15-4-3-5-16(22)13-15/h3-7,13-14H,2,8-12H2,1H3,(H,23,26)(H,27,28). The van der Waals surface area contributed by atoms with Gasteiger partial charge in [0.2, 0.25) is 0 Å². The lowest BCUT2D eigenvalue weighted by molar-refractivity contribution is 0.0698. The summed E-state index contributed by atoms with van der Waals surface area (Å²) in [6.45, 7) is 6.89. The van der Waals surface area contributed by atoms with Gasteiger partial charge in [0.15, 0.2) is 0 Å². The Balaban J connectivity index is 1.76. The largest absolute Gasteiger partial charge is 0.478 e. The van der Waals surface area contributed by atoms with Gasteiger partial charge in [-0.15, -0.1) is 0 Å². The van der Waals surface area contributed by atoms with Crippen molar-refractivity contribution in [1.82, 2.24) is 4.90 Å². The molecule has 0 unspecified atom stereocenters. The number of hydrogen-bond acceptors (Lipinski definition) is 4. The molecule has 1 fully saturated rings. The second-order valence-electron chi connectivity index (χ2n) is 6.83. The third-order valence-electron chi connectivity index (χ3n) is 4.85. The van der Waals surface area contributed by atoms with Crippen LogP contribution in [0, 0.1) is 0 Å². The molecular weight excluding hydrogens is 378 g/mol. The highest BCUT2D eigenvalue weighted by molar-refractivity contribution is 6.31. The zero-order chi connectivity index (χ0) is 20.1. The van der Waals surface area contributed by atoms with Gasteiger partial charge in [0, 0.05) is 42.5 Å². The van der Waals surface area contributed by atoms with Crippen molar-refractivity contribution in [2.24, 2.45) is 0 Å². The lowest BCUT2D eigenvalue weighted by atomic mass is 10.1. The average Bonchev–Trinajstić information content (AvgIpc) is 2.69. The molecule has 2 N–H and O–H groups in total. The fourth-order valence-corrected chi connectivity index (χ4v) is 3.58. The first kappa shape index (κ1) is 20.2. The van der Waals surface area contributed by atoms with Crippen LogP contribution in [-0.4, -0.2) is 54.6 Å². The van der Waals surface area contributed by atoms with Crippen molar-refractivity contribution in [1.29, 1.82) is 0 Å². The highest BCUT2D eigenvalue weighted by Gasteiger charge is 2.20. The zero-order valence-electron chi connectivity index (χ0n) is 15.8. The second kappa shape index (κ2) is 9.08. The Morgan fingerprint density at radius 3 is 2.50 bits per heavy atom. The van der Waals surface area contributed by atoms with E-state index >= 15 is 0 Å². The SMILES string of the molecule is CCCN1CCN(c2ccc(NC(=O)c3cccc(Cl)c3)c(C(=O)O)c2)CC1. The van der Waals surface area contributed by atoms with Crippen LogP contribution in [0.15, 0.2) is 42.5 Å². The molecule has 0 bridgehead atoms. The number of nitrogens with zero attached hydrogens (tertiary/aromatic N) is 2. The molecule has 7 heteroatoms. The fourth-order valence-electron chi connectivity index (χ4n) is 3.38. The van der Waals surface area contributed by atoms with Gasteiger partial charge in [-0.3, -0.25) is 9.69 Å². The average molecular weight is 402 g/mol. The first-order chi connectivity index (χ1) is 13.5. The quantitative estimate of drug-likeness (QED) is 0.769. The number of carboxylic acid groups (broad SMARTS) is 1. The number of carbonyl (C=O) groups excluding carboxylic acids is 1. The van der Waals surface area contributed by atoms with Crippen LogP contribution in [0.3, 0.4) is 0 Å². The van der Waals surface area contributed by atoms with Gasteiger partial charge in [-0.2, -0.15) is 0 Å². The third kappa shape index (κ3) is 4.82. The molecule has 6 nitrogen and oxygen atoms in total. The van der Waals surface area contributed by atoms with Gasteiger partial charge in [0.05, 0.1) is 11.3 Å². The van der Waals surface area contributed by atoms with Crippen LogP contribution in [0.25, 0.3) is 0 Å². The molecule has 1 amide bonds. The Labute approximate surface area is 169 Å². The molecule has 2 aromatic carbocycles. The lowest BCUT2D eigenvalue weighted by Crippen LogP contribution is -2.46. The van der Waals surface area contributed by atoms with E-state index in [0.29, 0.717) is 10.6 Å². The Kier molecular flexibility index (Phi) is 6.54. The van der Waals surface area contributed by atoms with Gasteiger partial charge in [-0.1, -0.05) is 24.6 Å². The molecule has 148 valence electrons. The number of piperazine rings is 1. The van der Waals surface area contributed by atoms with Crippen molar-refractivity contribution < 1.29 is 14.7 Å². The second-order valence-corrected chi connectivity index (χ2v) is 7.26. The molecule has 28 heavy (non-hydrogen) atoms. The van der Waals surface area contributed by atoms with E-state index in [-0.39, 0.29) is 11.3 Å². The number of amides is 1. The summed E-state index contributed by atoms with van der Waals surface area (Å²) in [6, 6.07) is 11.7. The number of carboxylic acids is 1. The van der Waals surface area contributed by atoms with Crippen molar-refractivity contribution in [3.8, 4) is 0 Å². The van der Waals surface area contributed by atoms with Crippen LogP contribution in [0.4, 0.5) is 11.4 Å². The van der Waals surface area contributed by atoms with Gasteiger partial charge >= 0.3 is 5.97 Å². The molecule has 0 saturated carbocycles. The van der Waals surface area contributed by atoms with E-state index in [1.54, 1.807) is 36.4 Å². The summed E-state index contributed by atoms with van der Waals surface area (Å²) >= 11 is 5.93. The smallest absolute Gasteiger partial charge is 0.337 e. The number of halogens is 1. The van der Waals surface area contributed by atoms with Crippen LogP contribution < -0.4 is 10.2 Å². The predicted molar refractivity (Wildman–Crippen MR) is 112 cm³/mol. The Hall–Kier alpha value is -2.57. The number of carbonyl (C=O) groups is 2. The van der Waals surface area contributed by atoms with Crippen LogP contribution in [-0.2, 0) is 0 Å². The lowest BCUT2D eigenvalue weighted by Gasteiger charge is -2.36. The molecule has 0 radical (unpaired) electrons.